The zero-order chi connectivity index (χ0) is 14.8. The maximum Gasteiger partial charge on any atom is 0.123 e. The third kappa shape index (κ3) is 4.20. The highest BCUT2D eigenvalue weighted by atomic mass is 35.5. The summed E-state index contributed by atoms with van der Waals surface area (Å²) in [5.41, 5.74) is 1.11. The van der Waals surface area contributed by atoms with E-state index in [1.807, 2.05) is 0 Å². The Balaban J connectivity index is 2.16. The molecule has 1 aromatic carbocycles. The summed E-state index contributed by atoms with van der Waals surface area (Å²) in [6.45, 7) is 7.51. The Bertz CT molecular complexity index is 453. The van der Waals surface area contributed by atoms with Gasteiger partial charge in [-0.15, -0.1) is 0 Å². The van der Waals surface area contributed by atoms with Crippen molar-refractivity contribution in [3.63, 3.8) is 0 Å². The Morgan fingerprint density at radius 3 is 2.65 bits per heavy atom. The molecule has 1 aliphatic carbocycles. The fraction of sp³-hybridized carbons (Fsp3) is 0.647. The van der Waals surface area contributed by atoms with Gasteiger partial charge in [-0.2, -0.15) is 0 Å². The zero-order valence-electron chi connectivity index (χ0n) is 12.7. The van der Waals surface area contributed by atoms with Crippen molar-refractivity contribution in [1.29, 1.82) is 0 Å². The number of rotatable bonds is 3. The minimum absolute atomic E-state index is 0.119. The summed E-state index contributed by atoms with van der Waals surface area (Å²) in [6, 6.07) is 4.76. The lowest BCUT2D eigenvalue weighted by molar-refractivity contribution is 0.269. The smallest absolute Gasteiger partial charge is 0.123 e. The van der Waals surface area contributed by atoms with Crippen LogP contribution in [0.15, 0.2) is 18.2 Å². The number of halogens is 2. The topological polar surface area (TPSA) is 12.0 Å². The monoisotopic (exact) mass is 297 g/mol. The number of hydrogen-bond donors (Lipinski definition) is 1. The van der Waals surface area contributed by atoms with E-state index in [2.05, 4.69) is 26.1 Å². The molecule has 0 saturated heterocycles. The molecule has 20 heavy (non-hydrogen) atoms. The fourth-order valence-corrected chi connectivity index (χ4v) is 3.36. The standard InChI is InChI=1S/C17H25ClFN/c1-17(2,3)20-11-12-6-4-5-7-14(12)15-10-13(19)8-9-16(15)18/h8-10,12,14,20H,4-7,11H2,1-3H3. The van der Waals surface area contributed by atoms with E-state index < -0.39 is 0 Å². The summed E-state index contributed by atoms with van der Waals surface area (Å²) in [6.07, 6.45) is 4.78. The highest BCUT2D eigenvalue weighted by Crippen LogP contribution is 2.40. The van der Waals surface area contributed by atoms with Crippen LogP contribution in [-0.2, 0) is 0 Å². The van der Waals surface area contributed by atoms with Crippen molar-refractivity contribution in [3.8, 4) is 0 Å². The molecule has 2 atom stereocenters. The van der Waals surface area contributed by atoms with Crippen LogP contribution in [0, 0.1) is 11.7 Å². The third-order valence-corrected chi connectivity index (χ3v) is 4.51. The molecule has 1 aromatic rings. The molecule has 0 bridgehead atoms. The largest absolute Gasteiger partial charge is 0.312 e. The van der Waals surface area contributed by atoms with E-state index in [0.717, 1.165) is 18.5 Å². The first-order valence-corrected chi connectivity index (χ1v) is 7.94. The lowest BCUT2D eigenvalue weighted by Crippen LogP contribution is -2.41. The lowest BCUT2D eigenvalue weighted by atomic mass is 9.75. The van der Waals surface area contributed by atoms with Gasteiger partial charge < -0.3 is 5.32 Å². The average Bonchev–Trinajstić information content (AvgIpc) is 2.39. The molecule has 0 spiro atoms. The molecule has 2 unspecified atom stereocenters. The van der Waals surface area contributed by atoms with Crippen LogP contribution < -0.4 is 5.32 Å². The highest BCUT2D eigenvalue weighted by molar-refractivity contribution is 6.31. The SMILES string of the molecule is CC(C)(C)NCC1CCCCC1c1cc(F)ccc1Cl. The summed E-state index contributed by atoms with van der Waals surface area (Å²) in [5, 5.41) is 4.30. The maximum atomic E-state index is 13.5. The van der Waals surface area contributed by atoms with E-state index in [9.17, 15) is 4.39 Å². The Morgan fingerprint density at radius 2 is 1.95 bits per heavy atom. The second-order valence-corrected chi connectivity index (χ2v) is 7.35. The van der Waals surface area contributed by atoms with Crippen LogP contribution in [-0.4, -0.2) is 12.1 Å². The van der Waals surface area contributed by atoms with Crippen LogP contribution in [0.3, 0.4) is 0 Å². The molecular formula is C17H25ClFN. The quantitative estimate of drug-likeness (QED) is 0.814. The van der Waals surface area contributed by atoms with Crippen molar-refractivity contribution in [2.45, 2.75) is 57.9 Å². The molecule has 0 heterocycles. The summed E-state index contributed by atoms with van der Waals surface area (Å²) in [4.78, 5) is 0. The summed E-state index contributed by atoms with van der Waals surface area (Å²) in [5.74, 6) is 0.738. The summed E-state index contributed by atoms with van der Waals surface area (Å²) < 4.78 is 13.5. The van der Waals surface area contributed by atoms with E-state index >= 15 is 0 Å². The van der Waals surface area contributed by atoms with E-state index in [-0.39, 0.29) is 11.4 Å². The van der Waals surface area contributed by atoms with Gasteiger partial charge >= 0.3 is 0 Å². The van der Waals surface area contributed by atoms with Crippen molar-refractivity contribution in [2.75, 3.05) is 6.54 Å². The predicted molar refractivity (Wildman–Crippen MR) is 83.9 cm³/mol. The molecule has 0 aromatic heterocycles. The van der Waals surface area contributed by atoms with E-state index in [0.29, 0.717) is 16.9 Å². The van der Waals surface area contributed by atoms with Gasteiger partial charge in [0.25, 0.3) is 0 Å². The predicted octanol–water partition coefficient (Wildman–Crippen LogP) is 5.14. The van der Waals surface area contributed by atoms with Crippen LogP contribution in [0.2, 0.25) is 5.02 Å². The van der Waals surface area contributed by atoms with Gasteiger partial charge in [-0.1, -0.05) is 24.4 Å². The summed E-state index contributed by atoms with van der Waals surface area (Å²) in [7, 11) is 0. The van der Waals surface area contributed by atoms with E-state index in [1.165, 1.54) is 25.3 Å². The van der Waals surface area contributed by atoms with Crippen LogP contribution in [0.25, 0.3) is 0 Å². The highest BCUT2D eigenvalue weighted by Gasteiger charge is 2.29. The first-order chi connectivity index (χ1) is 9.37. The molecule has 2 rings (SSSR count). The lowest BCUT2D eigenvalue weighted by Gasteiger charge is -2.35. The molecule has 1 aliphatic rings. The summed E-state index contributed by atoms with van der Waals surface area (Å²) >= 11 is 6.30. The van der Waals surface area contributed by atoms with Gasteiger partial charge in [0, 0.05) is 10.6 Å². The number of nitrogens with one attached hydrogen (secondary N) is 1. The van der Waals surface area contributed by atoms with Crippen LogP contribution >= 0.6 is 11.6 Å². The Hall–Kier alpha value is -0.600. The Labute approximate surface area is 126 Å². The molecule has 1 nitrogen and oxygen atoms in total. The number of benzene rings is 1. The van der Waals surface area contributed by atoms with Gasteiger partial charge in [0.2, 0.25) is 0 Å². The second-order valence-electron chi connectivity index (χ2n) is 6.95. The minimum Gasteiger partial charge on any atom is -0.312 e. The fourth-order valence-electron chi connectivity index (χ4n) is 3.10. The van der Waals surface area contributed by atoms with Crippen molar-refractivity contribution < 1.29 is 4.39 Å². The first-order valence-electron chi connectivity index (χ1n) is 7.57. The van der Waals surface area contributed by atoms with Crippen molar-refractivity contribution in [2.24, 2.45) is 5.92 Å². The Morgan fingerprint density at radius 1 is 1.25 bits per heavy atom. The van der Waals surface area contributed by atoms with Gasteiger partial charge in [-0.05, 0) is 75.8 Å². The Kier molecular flexibility index (Phi) is 5.09. The zero-order valence-corrected chi connectivity index (χ0v) is 13.4. The van der Waals surface area contributed by atoms with Gasteiger partial charge in [-0.3, -0.25) is 0 Å². The van der Waals surface area contributed by atoms with Crippen molar-refractivity contribution >= 4 is 11.6 Å². The van der Waals surface area contributed by atoms with E-state index in [1.54, 1.807) is 12.1 Å². The van der Waals surface area contributed by atoms with E-state index in [4.69, 9.17) is 11.6 Å². The molecule has 0 amide bonds. The van der Waals surface area contributed by atoms with Crippen molar-refractivity contribution in [1.82, 2.24) is 5.32 Å². The molecule has 1 N–H and O–H groups in total. The third-order valence-electron chi connectivity index (χ3n) is 4.16. The first kappa shape index (κ1) is 15.8. The molecule has 112 valence electrons. The molecule has 0 radical (unpaired) electrons. The van der Waals surface area contributed by atoms with Crippen LogP contribution in [0.1, 0.15) is 57.9 Å². The molecule has 1 fully saturated rings. The second kappa shape index (κ2) is 6.44. The maximum absolute atomic E-state index is 13.5. The normalized spacial score (nSPS) is 23.9. The number of hydrogen-bond acceptors (Lipinski definition) is 1. The molecule has 3 heteroatoms. The average molecular weight is 298 g/mol. The molecule has 1 saturated carbocycles. The molecule has 0 aliphatic heterocycles. The van der Waals surface area contributed by atoms with Gasteiger partial charge in [-0.25, -0.2) is 4.39 Å². The van der Waals surface area contributed by atoms with Crippen molar-refractivity contribution in [3.05, 3.63) is 34.6 Å². The minimum atomic E-state index is -0.183. The van der Waals surface area contributed by atoms with Gasteiger partial charge in [0.15, 0.2) is 0 Å². The van der Waals surface area contributed by atoms with Gasteiger partial charge in [0.1, 0.15) is 5.82 Å². The van der Waals surface area contributed by atoms with Crippen LogP contribution in [0.4, 0.5) is 4.39 Å². The van der Waals surface area contributed by atoms with Gasteiger partial charge in [0.05, 0.1) is 0 Å². The molecular weight excluding hydrogens is 273 g/mol. The van der Waals surface area contributed by atoms with Crippen LogP contribution in [0.5, 0.6) is 0 Å².